The first-order valence-electron chi connectivity index (χ1n) is 18.7. The monoisotopic (exact) mass is 758 g/mol. The molecule has 48 heavy (non-hydrogen) atoms. The van der Waals surface area contributed by atoms with Crippen LogP contribution in [-0.4, -0.2) is 11.3 Å². The standard InChI is InChI=1S/C34H36P2.2C5H10.2Fe/c1-5-15-27(16-6-1)35(28-17-7-2-8-18-28)33-25-13-23-31(33)32-24-14-26-34(32)36(29-19-9-3-10-20-29)30-21-11-4-12-22-30;2*1-2-4-5-3-1;;/h1-12,15-22,31-34H,13-14,23-26H2;2*1-5H2;;. The normalized spacial score (nSPS) is 23.0. The molecule has 4 aliphatic rings. The fraction of sp³-hybridized carbons (Fsp3) is 0.455. The van der Waals surface area contributed by atoms with Gasteiger partial charge in [0.05, 0.1) is 0 Å². The molecule has 0 heterocycles. The Labute approximate surface area is 316 Å². The van der Waals surface area contributed by atoms with Crippen LogP contribution in [0.2, 0.25) is 0 Å². The SMILES string of the molecule is C1CCCC1.C1CCCC1.[Fe].[Fe].c1ccc(P(c2ccccc2)C2CCCC2C2CCCC2P(c2ccccc2)c2ccccc2)cc1. The van der Waals surface area contributed by atoms with Crippen LogP contribution in [0.15, 0.2) is 121 Å². The average Bonchev–Trinajstić information content (AvgIpc) is 3.97. The zero-order valence-electron chi connectivity index (χ0n) is 28.8. The van der Waals surface area contributed by atoms with Crippen LogP contribution in [0, 0.1) is 11.8 Å². The minimum Gasteiger partial charge on any atom is -0.0622 e. The van der Waals surface area contributed by atoms with Crippen LogP contribution < -0.4 is 21.2 Å². The Hall–Kier alpha value is -1.22. The molecule has 4 aromatic rings. The van der Waals surface area contributed by atoms with Crippen LogP contribution in [0.4, 0.5) is 0 Å². The maximum atomic E-state index is 2.40. The predicted molar refractivity (Wildman–Crippen MR) is 207 cm³/mol. The van der Waals surface area contributed by atoms with Crippen LogP contribution in [0.5, 0.6) is 0 Å². The van der Waals surface area contributed by atoms with E-state index in [0.29, 0.717) is 0 Å². The van der Waals surface area contributed by atoms with Crippen LogP contribution >= 0.6 is 15.8 Å². The van der Waals surface area contributed by atoms with Crippen molar-refractivity contribution in [2.75, 3.05) is 0 Å². The van der Waals surface area contributed by atoms with Crippen LogP contribution in [-0.2, 0) is 34.1 Å². The maximum absolute atomic E-state index is 2.40. The van der Waals surface area contributed by atoms with E-state index in [2.05, 4.69) is 121 Å². The molecule has 4 heteroatoms. The summed E-state index contributed by atoms with van der Waals surface area (Å²) in [4.78, 5) is 0. The van der Waals surface area contributed by atoms with Crippen molar-refractivity contribution in [3.05, 3.63) is 121 Å². The molecule has 0 aliphatic heterocycles. The Bertz CT molecular complexity index is 1170. The van der Waals surface area contributed by atoms with Gasteiger partial charge in [0, 0.05) is 34.1 Å². The van der Waals surface area contributed by atoms with Gasteiger partial charge < -0.3 is 0 Å². The van der Waals surface area contributed by atoms with E-state index >= 15 is 0 Å². The van der Waals surface area contributed by atoms with Crippen molar-refractivity contribution in [3.63, 3.8) is 0 Å². The molecule has 0 nitrogen and oxygen atoms in total. The van der Waals surface area contributed by atoms with Crippen molar-refractivity contribution < 1.29 is 34.1 Å². The van der Waals surface area contributed by atoms with E-state index in [9.17, 15) is 0 Å². The molecular weight excluding hydrogens is 702 g/mol. The first kappa shape index (κ1) is 39.6. The van der Waals surface area contributed by atoms with Gasteiger partial charge in [-0.15, -0.1) is 0 Å². The minimum absolute atomic E-state index is 0. The Balaban J connectivity index is 0.000000372. The molecule has 4 atom stereocenters. The van der Waals surface area contributed by atoms with E-state index in [0.717, 1.165) is 23.2 Å². The summed E-state index contributed by atoms with van der Waals surface area (Å²) in [6.07, 6.45) is 23.4. The Morgan fingerprint density at radius 2 is 0.521 bits per heavy atom. The van der Waals surface area contributed by atoms with Gasteiger partial charge in [-0.25, -0.2) is 0 Å². The summed E-state index contributed by atoms with van der Waals surface area (Å²) in [5.41, 5.74) is 1.58. The summed E-state index contributed by atoms with van der Waals surface area (Å²) in [7, 11) is -0.694. The zero-order valence-corrected chi connectivity index (χ0v) is 32.8. The molecule has 0 bridgehead atoms. The maximum Gasteiger partial charge on any atom is 0 e. The van der Waals surface area contributed by atoms with Gasteiger partial charge in [0.2, 0.25) is 0 Å². The molecule has 0 saturated heterocycles. The summed E-state index contributed by atoms with van der Waals surface area (Å²) < 4.78 is 0. The molecule has 4 saturated carbocycles. The van der Waals surface area contributed by atoms with Gasteiger partial charge in [0.1, 0.15) is 0 Å². The van der Waals surface area contributed by atoms with E-state index in [1.807, 2.05) is 0 Å². The molecule has 0 N–H and O–H groups in total. The summed E-state index contributed by atoms with van der Waals surface area (Å²) in [6, 6.07) is 45.9. The number of rotatable bonds is 7. The van der Waals surface area contributed by atoms with E-state index in [-0.39, 0.29) is 50.0 Å². The van der Waals surface area contributed by atoms with Crippen molar-refractivity contribution in [1.82, 2.24) is 0 Å². The molecule has 0 spiro atoms. The number of hydrogen-bond acceptors (Lipinski definition) is 0. The minimum atomic E-state index is -0.347. The van der Waals surface area contributed by atoms with Crippen LogP contribution in [0.3, 0.4) is 0 Å². The van der Waals surface area contributed by atoms with E-state index in [4.69, 9.17) is 0 Å². The third-order valence-electron chi connectivity index (χ3n) is 10.9. The largest absolute Gasteiger partial charge is 0.0622 e. The van der Waals surface area contributed by atoms with Crippen LogP contribution in [0.25, 0.3) is 0 Å². The van der Waals surface area contributed by atoms with Gasteiger partial charge in [-0.1, -0.05) is 198 Å². The first-order chi connectivity index (χ1) is 22.9. The Morgan fingerprint density at radius 1 is 0.292 bits per heavy atom. The number of hydrogen-bond donors (Lipinski definition) is 0. The summed E-state index contributed by atoms with van der Waals surface area (Å²) in [5.74, 6) is 1.67. The molecule has 0 radical (unpaired) electrons. The first-order valence-corrected chi connectivity index (χ1v) is 21.5. The molecule has 4 aromatic carbocycles. The summed E-state index contributed by atoms with van der Waals surface area (Å²) in [6.45, 7) is 0. The second kappa shape index (κ2) is 21.9. The third-order valence-corrected chi connectivity index (χ3v) is 16.9. The Morgan fingerprint density at radius 3 is 0.750 bits per heavy atom. The smallest absolute Gasteiger partial charge is 0 e. The van der Waals surface area contributed by atoms with Crippen molar-refractivity contribution in [2.45, 2.75) is 114 Å². The van der Waals surface area contributed by atoms with Gasteiger partial charge in [-0.05, 0) is 85.9 Å². The van der Waals surface area contributed by atoms with Crippen LogP contribution in [0.1, 0.15) is 103 Å². The second-order valence-corrected chi connectivity index (χ2v) is 18.8. The predicted octanol–water partition coefficient (Wildman–Crippen LogP) is 11.5. The van der Waals surface area contributed by atoms with Gasteiger partial charge in [-0.3, -0.25) is 0 Å². The molecule has 4 fully saturated rings. The van der Waals surface area contributed by atoms with Gasteiger partial charge in [-0.2, -0.15) is 0 Å². The molecule has 258 valence electrons. The molecule has 0 amide bonds. The van der Waals surface area contributed by atoms with Gasteiger partial charge in [0.15, 0.2) is 0 Å². The quantitative estimate of drug-likeness (QED) is 0.130. The third kappa shape index (κ3) is 10.9. The zero-order chi connectivity index (χ0) is 31.2. The molecular formula is C44H56Fe2P2. The number of benzene rings is 4. The van der Waals surface area contributed by atoms with Crippen molar-refractivity contribution >= 4 is 37.1 Å². The van der Waals surface area contributed by atoms with E-state index in [1.54, 1.807) is 21.2 Å². The molecule has 4 aliphatic carbocycles. The van der Waals surface area contributed by atoms with Gasteiger partial charge in [0.25, 0.3) is 0 Å². The second-order valence-electron chi connectivity index (χ2n) is 13.9. The molecule has 4 unspecified atom stereocenters. The fourth-order valence-electron chi connectivity index (χ4n) is 8.76. The molecule has 8 rings (SSSR count). The summed E-state index contributed by atoms with van der Waals surface area (Å²) in [5, 5.41) is 6.27. The topological polar surface area (TPSA) is 0 Å². The Kier molecular flexibility index (Phi) is 18.0. The fourth-order valence-corrected chi connectivity index (χ4v) is 15.3. The van der Waals surface area contributed by atoms with E-state index < -0.39 is 0 Å². The van der Waals surface area contributed by atoms with Crippen molar-refractivity contribution in [1.29, 1.82) is 0 Å². The van der Waals surface area contributed by atoms with Crippen molar-refractivity contribution in [3.8, 4) is 0 Å². The average molecular weight is 759 g/mol. The van der Waals surface area contributed by atoms with E-state index in [1.165, 1.54) is 103 Å². The molecule has 0 aromatic heterocycles. The van der Waals surface area contributed by atoms with Crippen molar-refractivity contribution in [2.24, 2.45) is 11.8 Å². The van der Waals surface area contributed by atoms with Gasteiger partial charge >= 0.3 is 0 Å². The summed E-state index contributed by atoms with van der Waals surface area (Å²) >= 11 is 0.